The molecule has 1 aliphatic heterocycles. The molecular weight excluding hydrogens is 418 g/mol. The molecule has 0 aliphatic carbocycles. The molecule has 32 heavy (non-hydrogen) atoms. The van der Waals surface area contributed by atoms with Crippen LogP contribution in [0.4, 0.5) is 11.8 Å². The molecule has 7 heteroatoms. The second-order valence-electron chi connectivity index (χ2n) is 7.94. The summed E-state index contributed by atoms with van der Waals surface area (Å²) in [5.74, 6) is 2.51. The second kappa shape index (κ2) is 10.9. The van der Waals surface area contributed by atoms with E-state index in [0.29, 0.717) is 16.9 Å². The molecule has 2 heterocycles. The minimum absolute atomic E-state index is 0.0602. The summed E-state index contributed by atoms with van der Waals surface area (Å²) in [6, 6.07) is 21.8. The summed E-state index contributed by atoms with van der Waals surface area (Å²) in [5, 5.41) is 6.94. The SMILES string of the molecule is C[C@@H](NC(=S)Nc1nc(Oc2ccccc2)cc(N2CCCCCC2)n1)c1ccccc1. The Hall–Kier alpha value is -3.19. The summed E-state index contributed by atoms with van der Waals surface area (Å²) in [7, 11) is 0. The number of thiocarbonyl (C=S) groups is 1. The molecular formula is C25H29N5OS. The van der Waals surface area contributed by atoms with Crippen molar-refractivity contribution in [1.29, 1.82) is 0 Å². The molecule has 4 rings (SSSR count). The smallest absolute Gasteiger partial charge is 0.234 e. The third-order valence-corrected chi connectivity index (χ3v) is 5.68. The van der Waals surface area contributed by atoms with Crippen molar-refractivity contribution in [3.05, 3.63) is 72.3 Å². The fourth-order valence-corrected chi connectivity index (χ4v) is 4.02. The van der Waals surface area contributed by atoms with Crippen LogP contribution in [-0.4, -0.2) is 28.2 Å². The van der Waals surface area contributed by atoms with Crippen molar-refractivity contribution < 1.29 is 4.74 Å². The molecule has 1 aromatic heterocycles. The van der Waals surface area contributed by atoms with Gasteiger partial charge in [0.05, 0.1) is 6.04 Å². The van der Waals surface area contributed by atoms with E-state index in [1.54, 1.807) is 0 Å². The Bertz CT molecular complexity index is 1010. The summed E-state index contributed by atoms with van der Waals surface area (Å²) in [4.78, 5) is 11.6. The molecule has 1 atom stereocenters. The van der Waals surface area contributed by atoms with Crippen molar-refractivity contribution in [3.8, 4) is 11.6 Å². The average molecular weight is 448 g/mol. The number of anilines is 2. The lowest BCUT2D eigenvalue weighted by atomic mass is 10.1. The number of para-hydroxylation sites is 1. The van der Waals surface area contributed by atoms with E-state index < -0.39 is 0 Å². The van der Waals surface area contributed by atoms with E-state index in [-0.39, 0.29) is 6.04 Å². The first-order valence-corrected chi connectivity index (χ1v) is 11.6. The van der Waals surface area contributed by atoms with E-state index in [1.165, 1.54) is 12.8 Å². The maximum Gasteiger partial charge on any atom is 0.234 e. The molecule has 0 radical (unpaired) electrons. The fourth-order valence-electron chi connectivity index (χ4n) is 3.75. The van der Waals surface area contributed by atoms with E-state index in [9.17, 15) is 0 Å². The van der Waals surface area contributed by atoms with Crippen LogP contribution in [0.25, 0.3) is 0 Å². The number of nitrogens with zero attached hydrogens (tertiary/aromatic N) is 3. The van der Waals surface area contributed by atoms with E-state index in [1.807, 2.05) is 54.6 Å². The molecule has 2 N–H and O–H groups in total. The van der Waals surface area contributed by atoms with Crippen LogP contribution >= 0.6 is 12.2 Å². The third kappa shape index (κ3) is 6.17. The molecule has 3 aromatic rings. The Kier molecular flexibility index (Phi) is 7.51. The number of ether oxygens (including phenoxy) is 1. The first-order chi connectivity index (χ1) is 15.7. The Morgan fingerprint density at radius 3 is 2.28 bits per heavy atom. The monoisotopic (exact) mass is 447 g/mol. The lowest BCUT2D eigenvalue weighted by Crippen LogP contribution is -2.32. The van der Waals surface area contributed by atoms with E-state index in [0.717, 1.165) is 43.1 Å². The zero-order valence-electron chi connectivity index (χ0n) is 18.3. The van der Waals surface area contributed by atoms with Gasteiger partial charge in [0.2, 0.25) is 11.8 Å². The molecule has 0 spiro atoms. The number of hydrogen-bond acceptors (Lipinski definition) is 5. The largest absolute Gasteiger partial charge is 0.439 e. The van der Waals surface area contributed by atoms with Gasteiger partial charge in [0.1, 0.15) is 11.6 Å². The molecule has 1 saturated heterocycles. The van der Waals surface area contributed by atoms with Crippen molar-refractivity contribution in [2.24, 2.45) is 0 Å². The highest BCUT2D eigenvalue weighted by Gasteiger charge is 2.16. The summed E-state index contributed by atoms with van der Waals surface area (Å²) in [6.45, 7) is 4.03. The molecule has 0 bridgehead atoms. The van der Waals surface area contributed by atoms with Crippen LogP contribution in [0.2, 0.25) is 0 Å². The topological polar surface area (TPSA) is 62.3 Å². The highest BCUT2D eigenvalue weighted by atomic mass is 32.1. The van der Waals surface area contributed by atoms with Gasteiger partial charge >= 0.3 is 0 Å². The standard InChI is InChI=1S/C25H29N5OS/c1-19(20-12-6-4-7-13-20)26-25(32)29-24-27-22(30-16-10-2-3-11-17-30)18-23(28-24)31-21-14-8-5-9-15-21/h4-9,12-15,18-19H,2-3,10-11,16-17H2,1H3,(H2,26,27,28,29,32)/t19-/m1/s1. The molecule has 166 valence electrons. The lowest BCUT2D eigenvalue weighted by molar-refractivity contribution is 0.462. The lowest BCUT2D eigenvalue weighted by Gasteiger charge is -2.23. The summed E-state index contributed by atoms with van der Waals surface area (Å²) in [6.07, 6.45) is 4.84. The predicted molar refractivity (Wildman–Crippen MR) is 133 cm³/mol. The highest BCUT2D eigenvalue weighted by Crippen LogP contribution is 2.26. The van der Waals surface area contributed by atoms with Crippen molar-refractivity contribution in [2.75, 3.05) is 23.3 Å². The van der Waals surface area contributed by atoms with Crippen LogP contribution in [-0.2, 0) is 0 Å². The van der Waals surface area contributed by atoms with Crippen LogP contribution in [0.3, 0.4) is 0 Å². The van der Waals surface area contributed by atoms with Gasteiger partial charge in [0.15, 0.2) is 5.11 Å². The normalized spacial score (nSPS) is 14.8. The number of aromatic nitrogens is 2. The van der Waals surface area contributed by atoms with Gasteiger partial charge in [-0.3, -0.25) is 0 Å². The average Bonchev–Trinajstić information content (AvgIpc) is 3.10. The maximum absolute atomic E-state index is 6.03. The zero-order valence-corrected chi connectivity index (χ0v) is 19.1. The molecule has 2 aromatic carbocycles. The summed E-state index contributed by atoms with van der Waals surface area (Å²) in [5.41, 5.74) is 1.16. The van der Waals surface area contributed by atoms with Crippen molar-refractivity contribution >= 4 is 29.1 Å². The zero-order chi connectivity index (χ0) is 22.2. The van der Waals surface area contributed by atoms with Gasteiger partial charge in [-0.15, -0.1) is 0 Å². The minimum atomic E-state index is 0.0602. The molecule has 6 nitrogen and oxygen atoms in total. The molecule has 0 saturated carbocycles. The van der Waals surface area contributed by atoms with Gasteiger partial charge in [0, 0.05) is 19.2 Å². The first kappa shape index (κ1) is 22.0. The number of nitrogens with one attached hydrogen (secondary N) is 2. The number of hydrogen-bond donors (Lipinski definition) is 2. The van der Waals surface area contributed by atoms with Crippen molar-refractivity contribution in [2.45, 2.75) is 38.6 Å². The van der Waals surface area contributed by atoms with E-state index >= 15 is 0 Å². The number of benzene rings is 2. The summed E-state index contributed by atoms with van der Waals surface area (Å²) < 4.78 is 6.03. The van der Waals surface area contributed by atoms with Gasteiger partial charge in [0.25, 0.3) is 0 Å². The summed E-state index contributed by atoms with van der Waals surface area (Å²) >= 11 is 5.55. The van der Waals surface area contributed by atoms with Crippen LogP contribution in [0.15, 0.2) is 66.7 Å². The minimum Gasteiger partial charge on any atom is -0.439 e. The van der Waals surface area contributed by atoms with Crippen LogP contribution in [0.1, 0.15) is 44.2 Å². The van der Waals surface area contributed by atoms with Gasteiger partial charge in [-0.25, -0.2) is 0 Å². The van der Waals surface area contributed by atoms with Gasteiger partial charge < -0.3 is 20.3 Å². The maximum atomic E-state index is 6.03. The number of rotatable bonds is 6. The third-order valence-electron chi connectivity index (χ3n) is 5.46. The van der Waals surface area contributed by atoms with Gasteiger partial charge in [-0.2, -0.15) is 9.97 Å². The molecule has 0 amide bonds. The molecule has 1 aliphatic rings. The van der Waals surface area contributed by atoms with Crippen molar-refractivity contribution in [1.82, 2.24) is 15.3 Å². The Labute approximate surface area is 195 Å². The van der Waals surface area contributed by atoms with Gasteiger partial charge in [-0.05, 0) is 49.7 Å². The van der Waals surface area contributed by atoms with E-state index in [2.05, 4.69) is 39.6 Å². The van der Waals surface area contributed by atoms with Crippen LogP contribution < -0.4 is 20.3 Å². The first-order valence-electron chi connectivity index (χ1n) is 11.2. The van der Waals surface area contributed by atoms with Crippen LogP contribution in [0, 0.1) is 0 Å². The van der Waals surface area contributed by atoms with Crippen LogP contribution in [0.5, 0.6) is 11.6 Å². The fraction of sp³-hybridized carbons (Fsp3) is 0.320. The quantitative estimate of drug-likeness (QED) is 0.470. The Morgan fingerprint density at radius 1 is 0.938 bits per heavy atom. The second-order valence-corrected chi connectivity index (χ2v) is 8.34. The van der Waals surface area contributed by atoms with E-state index in [4.69, 9.17) is 21.9 Å². The highest BCUT2D eigenvalue weighted by molar-refractivity contribution is 7.80. The molecule has 0 unspecified atom stereocenters. The Morgan fingerprint density at radius 2 is 1.59 bits per heavy atom. The Balaban J connectivity index is 1.53. The van der Waals surface area contributed by atoms with Crippen molar-refractivity contribution in [3.63, 3.8) is 0 Å². The van der Waals surface area contributed by atoms with Gasteiger partial charge in [-0.1, -0.05) is 61.4 Å². The predicted octanol–water partition coefficient (Wildman–Crippen LogP) is 5.70. The molecule has 1 fully saturated rings.